The first-order valence-corrected chi connectivity index (χ1v) is 10.6. The summed E-state index contributed by atoms with van der Waals surface area (Å²) in [7, 11) is 1.67. The van der Waals surface area contributed by atoms with Gasteiger partial charge in [-0.25, -0.2) is 4.39 Å². The Labute approximate surface area is 172 Å². The first kappa shape index (κ1) is 20.2. The highest BCUT2D eigenvalue weighted by Crippen LogP contribution is 2.47. The molecule has 5 heteroatoms. The number of benzene rings is 2. The molecule has 0 aromatic heterocycles. The average Bonchev–Trinajstić information content (AvgIpc) is 2.96. The van der Waals surface area contributed by atoms with Crippen molar-refractivity contribution in [2.24, 2.45) is 0 Å². The number of para-hydroxylation sites is 1. The molecule has 2 aromatic carbocycles. The van der Waals surface area contributed by atoms with Crippen LogP contribution in [-0.4, -0.2) is 35.8 Å². The summed E-state index contributed by atoms with van der Waals surface area (Å²) < 4.78 is 24.9. The highest BCUT2D eigenvalue weighted by atomic mass is 19.1. The molecule has 29 heavy (non-hydrogen) atoms. The van der Waals surface area contributed by atoms with Crippen LogP contribution in [0.1, 0.15) is 50.2 Å². The normalized spacial score (nSPS) is 26.5. The Hall–Kier alpha value is -2.11. The van der Waals surface area contributed by atoms with Crippen LogP contribution < -0.4 is 9.47 Å². The number of halogens is 1. The summed E-state index contributed by atoms with van der Waals surface area (Å²) in [6.45, 7) is 3.53. The molecule has 4 nitrogen and oxygen atoms in total. The van der Waals surface area contributed by atoms with E-state index in [4.69, 9.17) is 9.47 Å². The van der Waals surface area contributed by atoms with Crippen molar-refractivity contribution in [3.63, 3.8) is 0 Å². The Bertz CT molecular complexity index is 825. The van der Waals surface area contributed by atoms with Crippen LogP contribution in [0.3, 0.4) is 0 Å². The highest BCUT2D eigenvalue weighted by molar-refractivity contribution is 5.46. The molecule has 0 radical (unpaired) electrons. The molecule has 2 aromatic rings. The maximum atomic E-state index is 13.3. The standard InChI is InChI=1S/C24H30FNO3/c1-3-13-29-23-17(5-4-6-22(23)28-2)16-26-20-11-12-21(26)15-24(27,14-20)18-7-9-19(25)10-8-18/h4-10,20-21,27H,3,11-16H2,1-2H3/t20-,21-/m1/s1. The molecular formula is C24H30FNO3. The van der Waals surface area contributed by atoms with Gasteiger partial charge in [0, 0.05) is 24.2 Å². The van der Waals surface area contributed by atoms with Gasteiger partial charge in [-0.15, -0.1) is 0 Å². The van der Waals surface area contributed by atoms with Crippen molar-refractivity contribution in [2.45, 2.75) is 63.3 Å². The Morgan fingerprint density at radius 3 is 2.41 bits per heavy atom. The van der Waals surface area contributed by atoms with Crippen molar-refractivity contribution >= 4 is 0 Å². The first-order valence-electron chi connectivity index (χ1n) is 10.6. The minimum absolute atomic E-state index is 0.268. The van der Waals surface area contributed by atoms with Crippen LogP contribution in [0.2, 0.25) is 0 Å². The largest absolute Gasteiger partial charge is 0.493 e. The molecule has 0 aliphatic carbocycles. The third-order valence-electron chi connectivity index (χ3n) is 6.38. The van der Waals surface area contributed by atoms with Gasteiger partial charge in [0.25, 0.3) is 0 Å². The van der Waals surface area contributed by atoms with E-state index in [1.165, 1.54) is 12.1 Å². The van der Waals surface area contributed by atoms with E-state index < -0.39 is 5.60 Å². The lowest BCUT2D eigenvalue weighted by Gasteiger charge is -2.44. The number of nitrogens with zero attached hydrogens (tertiary/aromatic N) is 1. The van der Waals surface area contributed by atoms with Crippen molar-refractivity contribution in [1.82, 2.24) is 4.90 Å². The van der Waals surface area contributed by atoms with Gasteiger partial charge in [-0.1, -0.05) is 31.2 Å². The monoisotopic (exact) mass is 399 g/mol. The lowest BCUT2D eigenvalue weighted by molar-refractivity contribution is -0.0597. The molecule has 2 atom stereocenters. The molecule has 0 unspecified atom stereocenters. The third kappa shape index (κ3) is 3.99. The van der Waals surface area contributed by atoms with Crippen molar-refractivity contribution in [1.29, 1.82) is 0 Å². The van der Waals surface area contributed by atoms with Crippen molar-refractivity contribution < 1.29 is 19.0 Å². The summed E-state index contributed by atoms with van der Waals surface area (Å²) >= 11 is 0. The van der Waals surface area contributed by atoms with E-state index in [0.29, 0.717) is 31.5 Å². The predicted octanol–water partition coefficient (Wildman–Crippen LogP) is 4.64. The van der Waals surface area contributed by atoms with Crippen LogP contribution in [0, 0.1) is 5.82 Å². The second kappa shape index (κ2) is 8.33. The molecule has 1 N–H and O–H groups in total. The number of fused-ring (bicyclic) bond motifs is 2. The van der Waals surface area contributed by atoms with Gasteiger partial charge >= 0.3 is 0 Å². The Morgan fingerprint density at radius 1 is 1.10 bits per heavy atom. The molecule has 2 heterocycles. The molecule has 0 spiro atoms. The van der Waals surface area contributed by atoms with Crippen LogP contribution >= 0.6 is 0 Å². The van der Waals surface area contributed by atoms with Crippen LogP contribution in [0.25, 0.3) is 0 Å². The lowest BCUT2D eigenvalue weighted by Crippen LogP contribution is -2.49. The maximum absolute atomic E-state index is 13.3. The maximum Gasteiger partial charge on any atom is 0.165 e. The van der Waals surface area contributed by atoms with Gasteiger partial charge < -0.3 is 14.6 Å². The van der Waals surface area contributed by atoms with E-state index in [9.17, 15) is 9.50 Å². The smallest absolute Gasteiger partial charge is 0.165 e. The number of methoxy groups -OCH3 is 1. The number of aliphatic hydroxyl groups is 1. The number of hydrogen-bond acceptors (Lipinski definition) is 4. The van der Waals surface area contributed by atoms with Gasteiger partial charge in [-0.2, -0.15) is 0 Å². The van der Waals surface area contributed by atoms with Crippen molar-refractivity contribution in [3.8, 4) is 11.5 Å². The molecule has 2 fully saturated rings. The van der Waals surface area contributed by atoms with Gasteiger partial charge in [0.15, 0.2) is 11.5 Å². The minimum atomic E-state index is -0.883. The number of piperidine rings is 1. The molecular weight excluding hydrogens is 369 g/mol. The Balaban J connectivity index is 1.55. The summed E-state index contributed by atoms with van der Waals surface area (Å²) in [5.41, 5.74) is 1.07. The zero-order chi connectivity index (χ0) is 20.4. The lowest BCUT2D eigenvalue weighted by atomic mass is 9.80. The minimum Gasteiger partial charge on any atom is -0.493 e. The van der Waals surface area contributed by atoms with Crippen molar-refractivity contribution in [2.75, 3.05) is 13.7 Å². The first-order chi connectivity index (χ1) is 14.0. The summed E-state index contributed by atoms with van der Waals surface area (Å²) in [5, 5.41) is 11.4. The van der Waals surface area contributed by atoms with Gasteiger partial charge in [-0.05, 0) is 55.9 Å². The summed E-state index contributed by atoms with van der Waals surface area (Å²) in [6.07, 6.45) is 4.43. The van der Waals surface area contributed by atoms with E-state index in [1.807, 2.05) is 12.1 Å². The Morgan fingerprint density at radius 2 is 1.79 bits per heavy atom. The molecule has 4 rings (SSSR count). The number of rotatable bonds is 7. The van der Waals surface area contributed by atoms with E-state index >= 15 is 0 Å². The molecule has 2 aliphatic rings. The SMILES string of the molecule is CCCOc1c(CN2[C@@H]3CC[C@@H]2CC(O)(c2ccc(F)cc2)C3)cccc1OC. The highest BCUT2D eigenvalue weighted by Gasteiger charge is 2.48. The Kier molecular flexibility index (Phi) is 5.79. The second-order valence-corrected chi connectivity index (χ2v) is 8.30. The predicted molar refractivity (Wildman–Crippen MR) is 111 cm³/mol. The second-order valence-electron chi connectivity index (χ2n) is 8.30. The summed E-state index contributed by atoms with van der Waals surface area (Å²) in [4.78, 5) is 2.51. The quantitative estimate of drug-likeness (QED) is 0.737. The summed E-state index contributed by atoms with van der Waals surface area (Å²) in [5.74, 6) is 1.33. The van der Waals surface area contributed by atoms with E-state index in [-0.39, 0.29) is 5.82 Å². The van der Waals surface area contributed by atoms with E-state index in [1.54, 1.807) is 19.2 Å². The third-order valence-corrected chi connectivity index (χ3v) is 6.38. The molecule has 2 aliphatic heterocycles. The van der Waals surface area contributed by atoms with Gasteiger partial charge in [0.1, 0.15) is 5.82 Å². The van der Waals surface area contributed by atoms with Gasteiger partial charge in [0.05, 0.1) is 19.3 Å². The van der Waals surface area contributed by atoms with Crippen LogP contribution in [-0.2, 0) is 12.1 Å². The molecule has 156 valence electrons. The van der Waals surface area contributed by atoms with Crippen LogP contribution in [0.15, 0.2) is 42.5 Å². The van der Waals surface area contributed by atoms with E-state index in [2.05, 4.69) is 17.9 Å². The van der Waals surface area contributed by atoms with E-state index in [0.717, 1.165) is 48.4 Å². The number of ether oxygens (including phenoxy) is 2. The zero-order valence-electron chi connectivity index (χ0n) is 17.2. The molecule has 2 saturated heterocycles. The fourth-order valence-corrected chi connectivity index (χ4v) is 4.98. The fourth-order valence-electron chi connectivity index (χ4n) is 4.98. The molecule has 2 bridgehead atoms. The topological polar surface area (TPSA) is 41.9 Å². The van der Waals surface area contributed by atoms with Gasteiger partial charge in [-0.3, -0.25) is 4.90 Å². The summed E-state index contributed by atoms with van der Waals surface area (Å²) in [6, 6.07) is 13.0. The molecule has 0 amide bonds. The average molecular weight is 400 g/mol. The van der Waals surface area contributed by atoms with Gasteiger partial charge in [0.2, 0.25) is 0 Å². The molecule has 0 saturated carbocycles. The fraction of sp³-hybridized carbons (Fsp3) is 0.500. The zero-order valence-corrected chi connectivity index (χ0v) is 17.2. The number of hydrogen-bond donors (Lipinski definition) is 1. The van der Waals surface area contributed by atoms with Crippen LogP contribution in [0.5, 0.6) is 11.5 Å². The van der Waals surface area contributed by atoms with Crippen LogP contribution in [0.4, 0.5) is 4.39 Å². The van der Waals surface area contributed by atoms with Crippen molar-refractivity contribution in [3.05, 3.63) is 59.4 Å².